The maximum absolute atomic E-state index is 12.3. The Hall–Kier alpha value is -1.85. The molecular formula is C17H20ClN3O2. The maximum Gasteiger partial charge on any atom is 0.223 e. The minimum atomic E-state index is 0.167. The number of hydrogen-bond donors (Lipinski definition) is 1. The van der Waals surface area contributed by atoms with E-state index in [4.69, 9.17) is 16.0 Å². The molecule has 0 aliphatic carbocycles. The van der Waals surface area contributed by atoms with Crippen LogP contribution in [-0.4, -0.2) is 42.0 Å². The molecule has 0 unspecified atom stereocenters. The van der Waals surface area contributed by atoms with Crippen molar-refractivity contribution in [2.75, 3.05) is 26.2 Å². The van der Waals surface area contributed by atoms with Gasteiger partial charge < -0.3 is 14.6 Å². The van der Waals surface area contributed by atoms with Gasteiger partial charge in [0, 0.05) is 43.1 Å². The number of benzene rings is 1. The SMILES string of the molecule is O=C(CCc1ncc(-c2ccc(Cl)cc2)o1)N1CCCNCC1. The van der Waals surface area contributed by atoms with Crippen molar-refractivity contribution < 1.29 is 9.21 Å². The van der Waals surface area contributed by atoms with Crippen molar-refractivity contribution in [1.29, 1.82) is 0 Å². The van der Waals surface area contributed by atoms with E-state index in [1.54, 1.807) is 6.20 Å². The van der Waals surface area contributed by atoms with Gasteiger partial charge in [-0.05, 0) is 37.2 Å². The van der Waals surface area contributed by atoms with Gasteiger partial charge in [-0.25, -0.2) is 4.98 Å². The zero-order chi connectivity index (χ0) is 16.1. The van der Waals surface area contributed by atoms with Gasteiger partial charge in [-0.1, -0.05) is 11.6 Å². The average Bonchev–Trinajstić information content (AvgIpc) is 2.86. The van der Waals surface area contributed by atoms with Crippen molar-refractivity contribution in [3.8, 4) is 11.3 Å². The van der Waals surface area contributed by atoms with E-state index in [1.165, 1.54) is 0 Å². The second kappa shape index (κ2) is 7.62. The summed E-state index contributed by atoms with van der Waals surface area (Å²) in [5.41, 5.74) is 0.929. The monoisotopic (exact) mass is 333 g/mol. The molecule has 1 fully saturated rings. The van der Waals surface area contributed by atoms with Crippen LogP contribution in [0.15, 0.2) is 34.9 Å². The predicted molar refractivity (Wildman–Crippen MR) is 89.3 cm³/mol. The van der Waals surface area contributed by atoms with E-state index in [-0.39, 0.29) is 5.91 Å². The number of carbonyl (C=O) groups is 1. The molecule has 0 spiro atoms. The molecule has 3 rings (SSSR count). The van der Waals surface area contributed by atoms with Gasteiger partial charge in [0.15, 0.2) is 11.7 Å². The number of halogens is 1. The van der Waals surface area contributed by atoms with E-state index in [0.717, 1.165) is 38.2 Å². The van der Waals surface area contributed by atoms with Gasteiger partial charge in [0.05, 0.1) is 6.20 Å². The summed E-state index contributed by atoms with van der Waals surface area (Å²) in [6, 6.07) is 7.41. The number of nitrogens with zero attached hydrogens (tertiary/aromatic N) is 2. The van der Waals surface area contributed by atoms with Gasteiger partial charge in [0.25, 0.3) is 0 Å². The number of hydrogen-bond acceptors (Lipinski definition) is 4. The lowest BCUT2D eigenvalue weighted by molar-refractivity contribution is -0.131. The lowest BCUT2D eigenvalue weighted by Crippen LogP contribution is -2.34. The summed E-state index contributed by atoms with van der Waals surface area (Å²) in [5.74, 6) is 1.46. The highest BCUT2D eigenvalue weighted by Crippen LogP contribution is 2.22. The largest absolute Gasteiger partial charge is 0.441 e. The first-order valence-corrected chi connectivity index (χ1v) is 8.29. The normalized spacial score (nSPS) is 15.4. The highest BCUT2D eigenvalue weighted by atomic mass is 35.5. The molecule has 0 atom stereocenters. The van der Waals surface area contributed by atoms with Crippen molar-refractivity contribution in [2.45, 2.75) is 19.3 Å². The molecule has 1 saturated heterocycles. The molecule has 1 amide bonds. The van der Waals surface area contributed by atoms with E-state index < -0.39 is 0 Å². The maximum atomic E-state index is 12.3. The average molecular weight is 334 g/mol. The summed E-state index contributed by atoms with van der Waals surface area (Å²) in [7, 11) is 0. The number of amides is 1. The van der Waals surface area contributed by atoms with Crippen molar-refractivity contribution in [3.63, 3.8) is 0 Å². The highest BCUT2D eigenvalue weighted by Gasteiger charge is 2.16. The van der Waals surface area contributed by atoms with Crippen LogP contribution in [0.3, 0.4) is 0 Å². The Morgan fingerprint density at radius 2 is 2.09 bits per heavy atom. The summed E-state index contributed by atoms with van der Waals surface area (Å²) >= 11 is 5.88. The van der Waals surface area contributed by atoms with E-state index in [1.807, 2.05) is 29.2 Å². The number of aryl methyl sites for hydroxylation is 1. The molecule has 5 nitrogen and oxygen atoms in total. The Balaban J connectivity index is 1.56. The van der Waals surface area contributed by atoms with Crippen LogP contribution in [0.5, 0.6) is 0 Å². The minimum absolute atomic E-state index is 0.167. The summed E-state index contributed by atoms with van der Waals surface area (Å²) in [4.78, 5) is 18.4. The van der Waals surface area contributed by atoms with Crippen molar-refractivity contribution in [1.82, 2.24) is 15.2 Å². The van der Waals surface area contributed by atoms with Crippen molar-refractivity contribution in [3.05, 3.63) is 41.4 Å². The first kappa shape index (κ1) is 16.0. The van der Waals surface area contributed by atoms with Crippen LogP contribution >= 0.6 is 11.6 Å². The molecule has 1 aliphatic rings. The molecular weight excluding hydrogens is 314 g/mol. The van der Waals surface area contributed by atoms with Crippen LogP contribution in [0.4, 0.5) is 0 Å². The fraction of sp³-hybridized carbons (Fsp3) is 0.412. The predicted octanol–water partition coefficient (Wildman–Crippen LogP) is 2.75. The summed E-state index contributed by atoms with van der Waals surface area (Å²) in [6.45, 7) is 3.45. The number of aromatic nitrogens is 1. The Bertz CT molecular complexity index is 646. The molecule has 0 bridgehead atoms. The van der Waals surface area contributed by atoms with Crippen LogP contribution < -0.4 is 5.32 Å². The zero-order valence-electron chi connectivity index (χ0n) is 12.9. The molecule has 0 radical (unpaired) electrons. The summed E-state index contributed by atoms with van der Waals surface area (Å²) in [6.07, 6.45) is 3.65. The highest BCUT2D eigenvalue weighted by molar-refractivity contribution is 6.30. The number of oxazole rings is 1. The van der Waals surface area contributed by atoms with Crippen molar-refractivity contribution >= 4 is 17.5 Å². The quantitative estimate of drug-likeness (QED) is 0.934. The Labute approximate surface area is 140 Å². The standard InChI is InChI=1S/C17H20ClN3O2/c18-14-4-2-13(3-5-14)15-12-20-16(23-15)6-7-17(22)21-10-1-8-19-9-11-21/h2-5,12,19H,1,6-11H2. The first-order chi connectivity index (χ1) is 11.2. The lowest BCUT2D eigenvalue weighted by atomic mass is 10.2. The summed E-state index contributed by atoms with van der Waals surface area (Å²) < 4.78 is 5.73. The van der Waals surface area contributed by atoms with Crippen LogP contribution in [0.2, 0.25) is 5.02 Å². The van der Waals surface area contributed by atoms with Crippen LogP contribution in [0, 0.1) is 0 Å². The van der Waals surface area contributed by atoms with Crippen molar-refractivity contribution in [2.24, 2.45) is 0 Å². The zero-order valence-corrected chi connectivity index (χ0v) is 13.7. The first-order valence-electron chi connectivity index (χ1n) is 7.91. The fourth-order valence-electron chi connectivity index (χ4n) is 2.64. The Morgan fingerprint density at radius 1 is 1.26 bits per heavy atom. The van der Waals surface area contributed by atoms with Gasteiger partial charge in [0.1, 0.15) is 0 Å². The van der Waals surface area contributed by atoms with Crippen LogP contribution in [0.25, 0.3) is 11.3 Å². The third-order valence-corrected chi connectivity index (χ3v) is 4.18. The van der Waals surface area contributed by atoms with E-state index >= 15 is 0 Å². The molecule has 2 aromatic rings. The van der Waals surface area contributed by atoms with E-state index in [2.05, 4.69) is 10.3 Å². The number of rotatable bonds is 4. The fourth-order valence-corrected chi connectivity index (χ4v) is 2.77. The molecule has 1 aromatic heterocycles. The molecule has 1 N–H and O–H groups in total. The van der Waals surface area contributed by atoms with Gasteiger partial charge >= 0.3 is 0 Å². The second-order valence-corrected chi connectivity index (χ2v) is 6.05. The number of carbonyl (C=O) groups excluding carboxylic acids is 1. The van der Waals surface area contributed by atoms with Gasteiger partial charge in [0.2, 0.25) is 5.91 Å². The molecule has 6 heteroatoms. The minimum Gasteiger partial charge on any atom is -0.441 e. The summed E-state index contributed by atoms with van der Waals surface area (Å²) in [5, 5.41) is 3.98. The topological polar surface area (TPSA) is 58.4 Å². The van der Waals surface area contributed by atoms with Crippen LogP contribution in [0.1, 0.15) is 18.7 Å². The molecule has 23 heavy (non-hydrogen) atoms. The van der Waals surface area contributed by atoms with Gasteiger partial charge in [-0.3, -0.25) is 4.79 Å². The third kappa shape index (κ3) is 4.33. The second-order valence-electron chi connectivity index (χ2n) is 5.61. The lowest BCUT2D eigenvalue weighted by Gasteiger charge is -2.19. The van der Waals surface area contributed by atoms with Crippen LogP contribution in [-0.2, 0) is 11.2 Å². The third-order valence-electron chi connectivity index (χ3n) is 3.93. The van der Waals surface area contributed by atoms with Gasteiger partial charge in [-0.2, -0.15) is 0 Å². The Morgan fingerprint density at radius 3 is 2.91 bits per heavy atom. The smallest absolute Gasteiger partial charge is 0.223 e. The van der Waals surface area contributed by atoms with E-state index in [0.29, 0.717) is 29.5 Å². The molecule has 122 valence electrons. The molecule has 0 saturated carbocycles. The van der Waals surface area contributed by atoms with E-state index in [9.17, 15) is 4.79 Å². The molecule has 1 aromatic carbocycles. The molecule has 2 heterocycles. The number of nitrogens with one attached hydrogen (secondary N) is 1. The molecule has 1 aliphatic heterocycles. The Kier molecular flexibility index (Phi) is 5.31. The van der Waals surface area contributed by atoms with Gasteiger partial charge in [-0.15, -0.1) is 0 Å².